The number of nitrogens with one attached hydrogen (secondary N) is 4. The van der Waals surface area contributed by atoms with Crippen molar-refractivity contribution in [3.63, 3.8) is 0 Å². The van der Waals surface area contributed by atoms with Gasteiger partial charge < -0.3 is 10.6 Å². The van der Waals surface area contributed by atoms with Gasteiger partial charge in [0.15, 0.2) is 0 Å². The van der Waals surface area contributed by atoms with E-state index >= 15 is 0 Å². The molecule has 0 spiro atoms. The summed E-state index contributed by atoms with van der Waals surface area (Å²) >= 11 is 0. The lowest BCUT2D eigenvalue weighted by Crippen LogP contribution is -2.29. The Bertz CT molecular complexity index is 300. The largest absolute Gasteiger partial charge is 0.352 e. The zero-order valence-electron chi connectivity index (χ0n) is 7.39. The van der Waals surface area contributed by atoms with E-state index < -0.39 is 0 Å². The third-order valence-electron chi connectivity index (χ3n) is 1.59. The SMILES string of the molecule is CNC(=O)c1[nH]c[nH+]c1C(=O)NC. The molecule has 1 aromatic rings. The highest BCUT2D eigenvalue weighted by Gasteiger charge is 2.23. The predicted molar refractivity (Wildman–Crippen MR) is 44.1 cm³/mol. The molecule has 4 N–H and O–H groups in total. The van der Waals surface area contributed by atoms with Crippen LogP contribution in [-0.2, 0) is 0 Å². The first-order valence-electron chi connectivity index (χ1n) is 3.74. The lowest BCUT2D eigenvalue weighted by Gasteiger charge is -1.94. The van der Waals surface area contributed by atoms with Crippen LogP contribution in [0.3, 0.4) is 0 Å². The summed E-state index contributed by atoms with van der Waals surface area (Å²) in [5.74, 6) is -0.667. The van der Waals surface area contributed by atoms with Gasteiger partial charge in [-0.15, -0.1) is 0 Å². The van der Waals surface area contributed by atoms with Crippen LogP contribution in [0.4, 0.5) is 0 Å². The number of carbonyl (C=O) groups excluding carboxylic acids is 2. The molecule has 0 radical (unpaired) electrons. The van der Waals surface area contributed by atoms with Gasteiger partial charge in [-0.25, -0.2) is 9.97 Å². The molecule has 2 amide bonds. The summed E-state index contributed by atoms with van der Waals surface area (Å²) < 4.78 is 0. The Morgan fingerprint density at radius 2 is 1.92 bits per heavy atom. The van der Waals surface area contributed by atoms with Crippen molar-refractivity contribution in [2.24, 2.45) is 0 Å². The molecule has 6 heteroatoms. The van der Waals surface area contributed by atoms with Crippen LogP contribution >= 0.6 is 0 Å². The van der Waals surface area contributed by atoms with Crippen molar-refractivity contribution >= 4 is 11.8 Å². The number of rotatable bonds is 2. The van der Waals surface area contributed by atoms with E-state index in [-0.39, 0.29) is 23.2 Å². The van der Waals surface area contributed by atoms with Crippen LogP contribution in [0.5, 0.6) is 0 Å². The van der Waals surface area contributed by atoms with E-state index in [4.69, 9.17) is 0 Å². The normalized spacial score (nSPS) is 9.38. The van der Waals surface area contributed by atoms with Gasteiger partial charge in [0, 0.05) is 14.1 Å². The molecule has 0 unspecified atom stereocenters. The number of aromatic amines is 2. The number of hydrogen-bond acceptors (Lipinski definition) is 2. The highest BCUT2D eigenvalue weighted by molar-refractivity contribution is 6.03. The number of aromatic nitrogens is 2. The second-order valence-corrected chi connectivity index (χ2v) is 2.34. The Hall–Kier alpha value is -1.85. The van der Waals surface area contributed by atoms with Gasteiger partial charge in [-0.2, -0.15) is 0 Å². The van der Waals surface area contributed by atoms with E-state index in [9.17, 15) is 9.59 Å². The van der Waals surface area contributed by atoms with Crippen LogP contribution in [0.25, 0.3) is 0 Å². The third kappa shape index (κ3) is 1.66. The fourth-order valence-electron chi connectivity index (χ4n) is 0.933. The average molecular weight is 183 g/mol. The maximum atomic E-state index is 11.2. The minimum Gasteiger partial charge on any atom is -0.352 e. The van der Waals surface area contributed by atoms with Gasteiger partial charge in [-0.05, 0) is 0 Å². The molecule has 1 heterocycles. The molecule has 0 aliphatic rings. The molecule has 0 aromatic carbocycles. The van der Waals surface area contributed by atoms with Gasteiger partial charge in [0.1, 0.15) is 0 Å². The molecule has 0 saturated heterocycles. The Morgan fingerprint density at radius 3 is 2.46 bits per heavy atom. The van der Waals surface area contributed by atoms with Crippen LogP contribution in [0.2, 0.25) is 0 Å². The molecule has 70 valence electrons. The van der Waals surface area contributed by atoms with Crippen LogP contribution in [0.15, 0.2) is 6.33 Å². The van der Waals surface area contributed by atoms with Crippen molar-refractivity contribution in [1.29, 1.82) is 0 Å². The zero-order valence-corrected chi connectivity index (χ0v) is 7.39. The molecular weight excluding hydrogens is 172 g/mol. The first-order valence-corrected chi connectivity index (χ1v) is 3.74. The molecular formula is C7H11N4O2+. The highest BCUT2D eigenvalue weighted by atomic mass is 16.2. The lowest BCUT2D eigenvalue weighted by atomic mass is 10.3. The summed E-state index contributed by atoms with van der Waals surface area (Å²) in [5.41, 5.74) is 0.448. The maximum absolute atomic E-state index is 11.2. The van der Waals surface area contributed by atoms with E-state index in [2.05, 4.69) is 20.6 Å². The second kappa shape index (κ2) is 3.70. The number of carbonyl (C=O) groups is 2. The monoisotopic (exact) mass is 183 g/mol. The van der Waals surface area contributed by atoms with Crippen LogP contribution in [0.1, 0.15) is 21.0 Å². The smallest absolute Gasteiger partial charge is 0.295 e. The maximum Gasteiger partial charge on any atom is 0.295 e. The predicted octanol–water partition coefficient (Wildman–Crippen LogP) is -1.45. The lowest BCUT2D eigenvalue weighted by molar-refractivity contribution is -0.379. The Kier molecular flexibility index (Phi) is 2.63. The third-order valence-corrected chi connectivity index (χ3v) is 1.59. The number of hydrogen-bond donors (Lipinski definition) is 3. The molecule has 13 heavy (non-hydrogen) atoms. The van der Waals surface area contributed by atoms with Gasteiger partial charge >= 0.3 is 0 Å². The molecule has 0 bridgehead atoms. The van der Waals surface area contributed by atoms with Crippen molar-refractivity contribution in [3.8, 4) is 0 Å². The first-order chi connectivity index (χ1) is 6.20. The van der Waals surface area contributed by atoms with E-state index in [0.717, 1.165) is 0 Å². The van der Waals surface area contributed by atoms with E-state index in [1.807, 2.05) is 0 Å². The summed E-state index contributed by atoms with van der Waals surface area (Å²) in [6.45, 7) is 0. The molecule has 0 aliphatic heterocycles. The molecule has 1 rings (SSSR count). The van der Waals surface area contributed by atoms with Gasteiger partial charge in [-0.1, -0.05) is 0 Å². The minimum absolute atomic E-state index is 0.224. The van der Waals surface area contributed by atoms with Crippen molar-refractivity contribution in [3.05, 3.63) is 17.7 Å². The molecule has 0 saturated carbocycles. The molecule has 0 aliphatic carbocycles. The quantitative estimate of drug-likeness (QED) is 0.523. The van der Waals surface area contributed by atoms with Crippen LogP contribution in [0, 0.1) is 0 Å². The first kappa shape index (κ1) is 9.24. The fourth-order valence-corrected chi connectivity index (χ4v) is 0.933. The molecule has 6 nitrogen and oxygen atoms in total. The van der Waals surface area contributed by atoms with Crippen molar-refractivity contribution in [2.45, 2.75) is 0 Å². The number of amides is 2. The number of H-pyrrole nitrogens is 2. The van der Waals surface area contributed by atoms with Gasteiger partial charge in [-0.3, -0.25) is 9.59 Å². The molecule has 0 atom stereocenters. The summed E-state index contributed by atoms with van der Waals surface area (Å²) in [6, 6.07) is 0. The Balaban J connectivity index is 3.02. The fraction of sp³-hybridized carbons (Fsp3) is 0.286. The number of imidazole rings is 1. The van der Waals surface area contributed by atoms with E-state index in [1.165, 1.54) is 20.4 Å². The summed E-state index contributed by atoms with van der Waals surface area (Å²) in [5, 5.41) is 4.83. The topological polar surface area (TPSA) is 88.1 Å². The summed E-state index contributed by atoms with van der Waals surface area (Å²) in [7, 11) is 2.99. The Morgan fingerprint density at radius 1 is 1.31 bits per heavy atom. The Labute approximate surface area is 74.7 Å². The van der Waals surface area contributed by atoms with Gasteiger partial charge in [0.2, 0.25) is 17.7 Å². The highest BCUT2D eigenvalue weighted by Crippen LogP contribution is 1.97. The van der Waals surface area contributed by atoms with Gasteiger partial charge in [0.25, 0.3) is 11.8 Å². The zero-order chi connectivity index (χ0) is 9.84. The van der Waals surface area contributed by atoms with E-state index in [0.29, 0.717) is 0 Å². The summed E-state index contributed by atoms with van der Waals surface area (Å²) in [4.78, 5) is 27.6. The van der Waals surface area contributed by atoms with E-state index in [1.54, 1.807) is 0 Å². The minimum atomic E-state index is -0.333. The van der Waals surface area contributed by atoms with Crippen molar-refractivity contribution in [1.82, 2.24) is 15.6 Å². The standard InChI is InChI=1S/C7H10N4O2/c1-8-6(12)4-5(7(13)9-2)11-3-10-4/h3H,1-2H3,(H,8,12)(H,9,13)(H,10,11)/p+1. The molecule has 0 fully saturated rings. The van der Waals surface area contributed by atoms with Crippen molar-refractivity contribution < 1.29 is 14.6 Å². The second-order valence-electron chi connectivity index (χ2n) is 2.34. The van der Waals surface area contributed by atoms with Crippen molar-refractivity contribution in [2.75, 3.05) is 14.1 Å². The molecule has 1 aromatic heterocycles. The average Bonchev–Trinajstić information content (AvgIpc) is 2.63. The van der Waals surface area contributed by atoms with Crippen LogP contribution in [-0.4, -0.2) is 30.9 Å². The van der Waals surface area contributed by atoms with Gasteiger partial charge in [0.05, 0.1) is 0 Å². The van der Waals surface area contributed by atoms with Crippen LogP contribution < -0.4 is 15.6 Å². The summed E-state index contributed by atoms with van der Waals surface area (Å²) in [6.07, 6.45) is 1.43.